The van der Waals surface area contributed by atoms with Crippen molar-refractivity contribution in [3.8, 4) is 0 Å². The molecule has 1 N–H and O–H groups in total. The van der Waals surface area contributed by atoms with E-state index in [0.717, 1.165) is 16.7 Å². The number of carboxylic acid groups (broad SMARTS) is 1. The summed E-state index contributed by atoms with van der Waals surface area (Å²) in [6.07, 6.45) is -0.00526. The Hall–Kier alpha value is -2.16. The van der Waals surface area contributed by atoms with Crippen molar-refractivity contribution in [3.63, 3.8) is 0 Å². The predicted molar refractivity (Wildman–Crippen MR) is 71.7 cm³/mol. The Kier molecular flexibility index (Phi) is 3.95. The molecule has 0 aliphatic heterocycles. The van der Waals surface area contributed by atoms with Gasteiger partial charge in [0.1, 0.15) is 5.82 Å². The lowest BCUT2D eigenvalue weighted by atomic mass is 9.88. The van der Waals surface area contributed by atoms with Crippen LogP contribution in [0.15, 0.2) is 48.5 Å². The summed E-state index contributed by atoms with van der Waals surface area (Å²) < 4.78 is 13.0. The highest BCUT2D eigenvalue weighted by atomic mass is 19.1. The molecule has 0 unspecified atom stereocenters. The van der Waals surface area contributed by atoms with Crippen LogP contribution in [0.1, 0.15) is 29.0 Å². The monoisotopic (exact) mass is 258 g/mol. The molecular formula is C16H15FO2. The number of aliphatic carboxylic acids is 1. The Labute approximate surface area is 111 Å². The van der Waals surface area contributed by atoms with Gasteiger partial charge in [-0.1, -0.05) is 42.0 Å². The van der Waals surface area contributed by atoms with Crippen molar-refractivity contribution >= 4 is 5.97 Å². The summed E-state index contributed by atoms with van der Waals surface area (Å²) in [5.74, 6) is -1.43. The highest BCUT2D eigenvalue weighted by Crippen LogP contribution is 2.28. The second kappa shape index (κ2) is 5.65. The van der Waals surface area contributed by atoms with Crippen LogP contribution in [-0.2, 0) is 4.79 Å². The fourth-order valence-electron chi connectivity index (χ4n) is 2.10. The third-order valence-corrected chi connectivity index (χ3v) is 3.13. The highest BCUT2D eigenvalue weighted by Gasteiger charge is 2.17. The minimum Gasteiger partial charge on any atom is -0.481 e. The average Bonchev–Trinajstić information content (AvgIpc) is 2.38. The third-order valence-electron chi connectivity index (χ3n) is 3.13. The summed E-state index contributed by atoms with van der Waals surface area (Å²) in [5.41, 5.74) is 2.86. The molecule has 0 heterocycles. The maximum Gasteiger partial charge on any atom is 0.304 e. The Morgan fingerprint density at radius 3 is 2.00 bits per heavy atom. The summed E-state index contributed by atoms with van der Waals surface area (Å²) >= 11 is 0. The summed E-state index contributed by atoms with van der Waals surface area (Å²) in [6, 6.07) is 13.8. The van der Waals surface area contributed by atoms with Gasteiger partial charge in [0.2, 0.25) is 0 Å². The van der Waals surface area contributed by atoms with E-state index in [1.807, 2.05) is 31.2 Å². The molecule has 1 atom stereocenters. The molecule has 0 aliphatic rings. The first-order valence-electron chi connectivity index (χ1n) is 6.10. The van der Waals surface area contributed by atoms with E-state index in [1.54, 1.807) is 12.1 Å². The van der Waals surface area contributed by atoms with Crippen molar-refractivity contribution in [2.75, 3.05) is 0 Å². The van der Waals surface area contributed by atoms with Crippen molar-refractivity contribution in [3.05, 3.63) is 71.0 Å². The average molecular weight is 258 g/mol. The molecule has 3 heteroatoms. The largest absolute Gasteiger partial charge is 0.481 e. The van der Waals surface area contributed by atoms with Crippen molar-refractivity contribution < 1.29 is 14.3 Å². The van der Waals surface area contributed by atoms with Crippen LogP contribution in [0.3, 0.4) is 0 Å². The molecule has 0 saturated heterocycles. The van der Waals surface area contributed by atoms with Crippen LogP contribution in [0.2, 0.25) is 0 Å². The second-order valence-electron chi connectivity index (χ2n) is 4.61. The molecule has 0 bridgehead atoms. The lowest BCUT2D eigenvalue weighted by Crippen LogP contribution is -2.08. The van der Waals surface area contributed by atoms with Gasteiger partial charge < -0.3 is 5.11 Å². The predicted octanol–water partition coefficient (Wildman–Crippen LogP) is 3.74. The van der Waals surface area contributed by atoms with Crippen molar-refractivity contribution in [2.24, 2.45) is 0 Å². The van der Waals surface area contributed by atoms with Gasteiger partial charge in [-0.15, -0.1) is 0 Å². The Bertz CT molecular complexity index is 513. The molecule has 0 aliphatic carbocycles. The van der Waals surface area contributed by atoms with Gasteiger partial charge in [-0.05, 0) is 30.2 Å². The first kappa shape index (κ1) is 13.3. The van der Waals surface area contributed by atoms with Gasteiger partial charge in [-0.25, -0.2) is 4.39 Å². The topological polar surface area (TPSA) is 37.3 Å². The first-order chi connectivity index (χ1) is 9.06. The maximum absolute atomic E-state index is 13.0. The number of hydrogen-bond donors (Lipinski definition) is 1. The molecule has 2 aromatic carbocycles. The highest BCUT2D eigenvalue weighted by molar-refractivity contribution is 5.69. The molecule has 2 aromatic rings. The van der Waals surface area contributed by atoms with E-state index >= 15 is 0 Å². The quantitative estimate of drug-likeness (QED) is 0.907. The number of rotatable bonds is 4. The Morgan fingerprint density at radius 1 is 1.05 bits per heavy atom. The van der Waals surface area contributed by atoms with Crippen LogP contribution < -0.4 is 0 Å². The molecule has 0 radical (unpaired) electrons. The molecule has 0 spiro atoms. The molecule has 2 nitrogen and oxygen atoms in total. The van der Waals surface area contributed by atoms with Crippen molar-refractivity contribution in [1.29, 1.82) is 0 Å². The van der Waals surface area contributed by atoms with Gasteiger partial charge in [0.05, 0.1) is 6.42 Å². The normalized spacial score (nSPS) is 12.1. The first-order valence-corrected chi connectivity index (χ1v) is 6.10. The SMILES string of the molecule is Cc1ccc([C@H](CC(=O)O)c2ccc(F)cc2)cc1. The molecule has 0 amide bonds. The van der Waals surface area contributed by atoms with Gasteiger partial charge >= 0.3 is 5.97 Å². The zero-order chi connectivity index (χ0) is 13.8. The molecule has 2 rings (SSSR count). The number of halogens is 1. The van der Waals surface area contributed by atoms with E-state index in [2.05, 4.69) is 0 Å². The lowest BCUT2D eigenvalue weighted by Gasteiger charge is -2.16. The van der Waals surface area contributed by atoms with E-state index in [0.29, 0.717) is 0 Å². The summed E-state index contributed by atoms with van der Waals surface area (Å²) in [7, 11) is 0. The fourth-order valence-corrected chi connectivity index (χ4v) is 2.10. The van der Waals surface area contributed by atoms with Crippen LogP contribution in [0.25, 0.3) is 0 Å². The van der Waals surface area contributed by atoms with E-state index in [1.165, 1.54) is 12.1 Å². The van der Waals surface area contributed by atoms with Crippen LogP contribution >= 0.6 is 0 Å². The summed E-state index contributed by atoms with van der Waals surface area (Å²) in [4.78, 5) is 11.0. The third kappa shape index (κ3) is 3.41. The number of carbonyl (C=O) groups is 1. The van der Waals surface area contributed by atoms with Crippen LogP contribution in [-0.4, -0.2) is 11.1 Å². The zero-order valence-electron chi connectivity index (χ0n) is 10.6. The number of benzene rings is 2. The van der Waals surface area contributed by atoms with Gasteiger partial charge in [-0.2, -0.15) is 0 Å². The Balaban J connectivity index is 2.37. The van der Waals surface area contributed by atoms with Gasteiger partial charge in [0, 0.05) is 5.92 Å². The van der Waals surface area contributed by atoms with E-state index in [-0.39, 0.29) is 18.2 Å². The van der Waals surface area contributed by atoms with Crippen LogP contribution in [0, 0.1) is 12.7 Å². The van der Waals surface area contributed by atoms with Crippen LogP contribution in [0.4, 0.5) is 4.39 Å². The lowest BCUT2D eigenvalue weighted by molar-refractivity contribution is -0.137. The molecule has 0 fully saturated rings. The van der Waals surface area contributed by atoms with Crippen LogP contribution in [0.5, 0.6) is 0 Å². The molecule has 98 valence electrons. The van der Waals surface area contributed by atoms with Crippen molar-refractivity contribution in [1.82, 2.24) is 0 Å². The molecule has 19 heavy (non-hydrogen) atoms. The minimum absolute atomic E-state index is 0.00526. The zero-order valence-corrected chi connectivity index (χ0v) is 10.6. The van der Waals surface area contributed by atoms with E-state index in [9.17, 15) is 9.18 Å². The van der Waals surface area contributed by atoms with Crippen molar-refractivity contribution in [2.45, 2.75) is 19.3 Å². The smallest absolute Gasteiger partial charge is 0.304 e. The number of aryl methyl sites for hydroxylation is 1. The summed E-state index contributed by atoms with van der Waals surface area (Å²) in [6.45, 7) is 1.98. The number of carboxylic acids is 1. The molecule has 0 aromatic heterocycles. The standard InChI is InChI=1S/C16H15FO2/c1-11-2-4-12(5-3-11)15(10-16(18)19)13-6-8-14(17)9-7-13/h2-9,15H,10H2,1H3,(H,18,19)/t15-/m0/s1. The Morgan fingerprint density at radius 2 is 1.53 bits per heavy atom. The van der Waals surface area contributed by atoms with Gasteiger partial charge in [0.15, 0.2) is 0 Å². The van der Waals surface area contributed by atoms with Gasteiger partial charge in [0.25, 0.3) is 0 Å². The number of hydrogen-bond acceptors (Lipinski definition) is 1. The fraction of sp³-hybridized carbons (Fsp3) is 0.188. The van der Waals surface area contributed by atoms with Gasteiger partial charge in [-0.3, -0.25) is 4.79 Å². The minimum atomic E-state index is -0.866. The molecule has 0 saturated carbocycles. The van der Waals surface area contributed by atoms with E-state index < -0.39 is 5.97 Å². The maximum atomic E-state index is 13.0. The molecular weight excluding hydrogens is 243 g/mol. The second-order valence-corrected chi connectivity index (χ2v) is 4.61. The summed E-state index contributed by atoms with van der Waals surface area (Å²) in [5, 5.41) is 9.04. The van der Waals surface area contributed by atoms with E-state index in [4.69, 9.17) is 5.11 Å².